The Morgan fingerprint density at radius 3 is 2.81 bits per heavy atom. The van der Waals surface area contributed by atoms with Crippen LogP contribution in [0, 0.1) is 0 Å². The van der Waals surface area contributed by atoms with Crippen LogP contribution >= 0.6 is 15.9 Å². The third-order valence-corrected chi connectivity index (χ3v) is 7.03. The summed E-state index contributed by atoms with van der Waals surface area (Å²) in [6, 6.07) is 6.71. The van der Waals surface area contributed by atoms with E-state index < -0.39 is 0 Å². The Kier molecular flexibility index (Phi) is 5.17. The molecular weight excluding hydrogens is 472 g/mol. The number of hydrogen-bond acceptors (Lipinski definition) is 8. The van der Waals surface area contributed by atoms with E-state index in [9.17, 15) is 0 Å². The van der Waals surface area contributed by atoms with Crippen molar-refractivity contribution in [1.82, 2.24) is 29.3 Å². The van der Waals surface area contributed by atoms with Crippen molar-refractivity contribution in [3.8, 4) is 5.75 Å². The van der Waals surface area contributed by atoms with Gasteiger partial charge >= 0.3 is 0 Å². The first-order valence-corrected chi connectivity index (χ1v) is 11.9. The molecule has 1 aromatic carbocycles. The van der Waals surface area contributed by atoms with Gasteiger partial charge in [0.1, 0.15) is 17.0 Å². The third-order valence-electron chi connectivity index (χ3n) is 6.65. The van der Waals surface area contributed by atoms with Crippen molar-refractivity contribution in [1.29, 1.82) is 0 Å². The summed E-state index contributed by atoms with van der Waals surface area (Å²) in [6.07, 6.45) is 5.57. The average molecular weight is 499 g/mol. The van der Waals surface area contributed by atoms with E-state index in [0.717, 1.165) is 67.5 Å². The minimum Gasteiger partial charge on any atom is -0.489 e. The van der Waals surface area contributed by atoms with E-state index >= 15 is 0 Å². The first-order valence-electron chi connectivity index (χ1n) is 11.1. The zero-order valence-corrected chi connectivity index (χ0v) is 19.7. The van der Waals surface area contributed by atoms with Gasteiger partial charge in [-0.15, -0.1) is 0 Å². The molecule has 5 heterocycles. The number of nitrogens with one attached hydrogen (secondary N) is 1. The lowest BCUT2D eigenvalue weighted by Crippen LogP contribution is -2.63. The molecule has 0 saturated carbocycles. The van der Waals surface area contributed by atoms with Crippen molar-refractivity contribution in [2.24, 2.45) is 0 Å². The summed E-state index contributed by atoms with van der Waals surface area (Å²) in [5, 5.41) is 8.47. The predicted octanol–water partition coefficient (Wildman–Crippen LogP) is 2.28. The second-order valence-electron chi connectivity index (χ2n) is 8.71. The van der Waals surface area contributed by atoms with Crippen molar-refractivity contribution < 1.29 is 4.74 Å². The van der Waals surface area contributed by atoms with Crippen LogP contribution in [0.3, 0.4) is 0 Å². The smallest absolute Gasteiger partial charge is 0.180 e. The van der Waals surface area contributed by atoms with Gasteiger partial charge in [0, 0.05) is 76.2 Å². The molecule has 10 heteroatoms. The fourth-order valence-electron chi connectivity index (χ4n) is 4.89. The van der Waals surface area contributed by atoms with E-state index in [1.807, 2.05) is 16.8 Å². The molecule has 2 fully saturated rings. The summed E-state index contributed by atoms with van der Waals surface area (Å²) in [6.45, 7) is 8.30. The number of hydrogen-bond donors (Lipinski definition) is 1. The lowest BCUT2D eigenvalue weighted by Gasteiger charge is -2.49. The molecule has 3 aliphatic rings. The number of aromatic nitrogens is 3. The number of likely N-dealkylation sites (N-methyl/N-ethyl adjacent to an activating group) is 1. The highest BCUT2D eigenvalue weighted by molar-refractivity contribution is 9.10. The summed E-state index contributed by atoms with van der Waals surface area (Å²) in [7, 11) is 2.20. The summed E-state index contributed by atoms with van der Waals surface area (Å²) in [5.74, 6) is 1.63. The Balaban J connectivity index is 1.18. The maximum absolute atomic E-state index is 6.23. The van der Waals surface area contributed by atoms with Gasteiger partial charge in [0.25, 0.3) is 0 Å². The number of ether oxygens (including phenoxy) is 1. The molecule has 2 aromatic heterocycles. The highest BCUT2D eigenvalue weighted by Crippen LogP contribution is 2.38. The van der Waals surface area contributed by atoms with E-state index in [1.165, 1.54) is 5.69 Å². The number of anilines is 3. The van der Waals surface area contributed by atoms with Crippen molar-refractivity contribution >= 4 is 38.8 Å². The summed E-state index contributed by atoms with van der Waals surface area (Å²) < 4.78 is 8.93. The fraction of sp³-hybridized carbons (Fsp3) is 0.455. The van der Waals surface area contributed by atoms with Crippen LogP contribution in [0.4, 0.5) is 17.2 Å². The molecule has 2 saturated heterocycles. The van der Waals surface area contributed by atoms with Crippen LogP contribution in [0.5, 0.6) is 5.75 Å². The Morgan fingerprint density at radius 2 is 1.94 bits per heavy atom. The summed E-state index contributed by atoms with van der Waals surface area (Å²) in [4.78, 5) is 13.9. The molecule has 3 aromatic rings. The first-order chi connectivity index (χ1) is 15.6. The number of imidazole rings is 1. The predicted molar refractivity (Wildman–Crippen MR) is 128 cm³/mol. The second kappa shape index (κ2) is 8.18. The van der Waals surface area contributed by atoms with Gasteiger partial charge in [-0.1, -0.05) is 0 Å². The van der Waals surface area contributed by atoms with Gasteiger partial charge in [-0.2, -0.15) is 0 Å². The molecule has 1 atom stereocenters. The Bertz CT molecular complexity index is 1130. The molecule has 1 N–H and O–H groups in total. The van der Waals surface area contributed by atoms with Gasteiger partial charge < -0.3 is 24.3 Å². The molecular formula is C22H27BrN8O. The first kappa shape index (κ1) is 20.2. The van der Waals surface area contributed by atoms with E-state index in [-0.39, 0.29) is 0 Å². The molecule has 168 valence electrons. The van der Waals surface area contributed by atoms with Gasteiger partial charge in [0.2, 0.25) is 0 Å². The maximum Gasteiger partial charge on any atom is 0.180 e. The molecule has 0 radical (unpaired) electrons. The number of fused-ring (bicyclic) bond motifs is 4. The molecule has 0 spiro atoms. The van der Waals surface area contributed by atoms with Crippen molar-refractivity contribution in [2.75, 3.05) is 69.7 Å². The normalized spacial score (nSPS) is 22.4. The molecule has 0 bridgehead atoms. The van der Waals surface area contributed by atoms with Gasteiger partial charge in [0.05, 0.1) is 11.7 Å². The number of piperazine rings is 2. The number of benzene rings is 1. The van der Waals surface area contributed by atoms with Gasteiger partial charge in [-0.3, -0.25) is 0 Å². The quantitative estimate of drug-likeness (QED) is 0.589. The highest BCUT2D eigenvalue weighted by atomic mass is 79.9. The lowest BCUT2D eigenvalue weighted by molar-refractivity contribution is -0.0681. The largest absolute Gasteiger partial charge is 0.489 e. The van der Waals surface area contributed by atoms with Crippen LogP contribution in [0.25, 0.3) is 5.65 Å². The summed E-state index contributed by atoms with van der Waals surface area (Å²) in [5.41, 5.74) is 2.90. The Hall–Kier alpha value is -2.40. The third kappa shape index (κ3) is 3.71. The molecule has 9 nitrogen and oxygen atoms in total. The molecule has 0 aliphatic carbocycles. The van der Waals surface area contributed by atoms with Gasteiger partial charge in [0.15, 0.2) is 11.5 Å². The minimum atomic E-state index is 0.381. The van der Waals surface area contributed by atoms with E-state index in [2.05, 4.69) is 76.3 Å². The number of nitrogens with zero attached hydrogens (tertiary/aromatic N) is 7. The highest BCUT2D eigenvalue weighted by Gasteiger charge is 2.35. The Labute approximate surface area is 195 Å². The van der Waals surface area contributed by atoms with E-state index in [1.54, 1.807) is 6.20 Å². The maximum atomic E-state index is 6.23. The van der Waals surface area contributed by atoms with Crippen LogP contribution in [0.15, 0.2) is 41.4 Å². The number of hydrazine groups is 1. The fourth-order valence-corrected chi connectivity index (χ4v) is 5.28. The monoisotopic (exact) mass is 498 g/mol. The molecule has 32 heavy (non-hydrogen) atoms. The van der Waals surface area contributed by atoms with Crippen LogP contribution in [-0.4, -0.2) is 94.8 Å². The average Bonchev–Trinajstić information content (AvgIpc) is 3.27. The number of halogens is 1. The molecule has 0 unspecified atom stereocenters. The molecule has 6 rings (SSSR count). The van der Waals surface area contributed by atoms with Crippen LogP contribution < -0.4 is 15.0 Å². The molecule has 0 amide bonds. The van der Waals surface area contributed by atoms with Gasteiger partial charge in [-0.05, 0) is 35.1 Å². The summed E-state index contributed by atoms with van der Waals surface area (Å²) >= 11 is 3.48. The van der Waals surface area contributed by atoms with Crippen molar-refractivity contribution in [3.05, 3.63) is 41.4 Å². The number of rotatable bonds is 3. The Morgan fingerprint density at radius 1 is 1.09 bits per heavy atom. The molecule has 3 aliphatic heterocycles. The minimum absolute atomic E-state index is 0.381. The van der Waals surface area contributed by atoms with Crippen LogP contribution in [-0.2, 0) is 0 Å². The van der Waals surface area contributed by atoms with E-state index in [4.69, 9.17) is 4.74 Å². The second-order valence-corrected chi connectivity index (χ2v) is 9.52. The van der Waals surface area contributed by atoms with Crippen LogP contribution in [0.2, 0.25) is 0 Å². The SMILES string of the molecule is CN1CCN(N2CCN3c4ccc(Nc5nc(Br)cn6ccnc56)cc4OC[C@H]3C2)CC1. The standard InChI is InChI=1S/C22H27BrN8O/c1-27-6-8-29(9-7-27)30-10-11-31-17(13-30)15-32-19-12-16(2-3-18(19)31)25-21-22-24-4-5-28(22)14-20(23)26-21/h2-5,12,14,17H,6-11,13,15H2,1H3,(H,25,26)/t17-/m1/s1. The van der Waals surface area contributed by atoms with Gasteiger partial charge in [-0.25, -0.2) is 20.0 Å². The lowest BCUT2D eigenvalue weighted by atomic mass is 10.1. The zero-order chi connectivity index (χ0) is 21.7. The topological polar surface area (TPSA) is 64.4 Å². The van der Waals surface area contributed by atoms with E-state index in [0.29, 0.717) is 18.5 Å². The zero-order valence-electron chi connectivity index (χ0n) is 18.1. The van der Waals surface area contributed by atoms with Crippen molar-refractivity contribution in [3.63, 3.8) is 0 Å². The van der Waals surface area contributed by atoms with Crippen LogP contribution in [0.1, 0.15) is 0 Å². The van der Waals surface area contributed by atoms with Crippen molar-refractivity contribution in [2.45, 2.75) is 6.04 Å².